The number of hydrogen-bond donors (Lipinski definition) is 0. The highest BCUT2D eigenvalue weighted by Crippen LogP contribution is 2.56. The average molecular weight is 968 g/mol. The molecule has 0 amide bonds. The first kappa shape index (κ1) is 46.0. The Bertz CT molecular complexity index is 3940. The standard InChI is InChI=1S/C68H66BN3S/c1-39-32-57-61-58(33-39)72-62-49(60-63(72)48-21-15-17-23-50(48)68(60,13)14)36-44(67(10,11)12)37-52(62)69(61)51-29-28-45(38-56(51)71(57)55-24-19-22-47-46-20-16-18-25-59(46)73-64(47)55)70(53-30-26-42(34-40(53)2)65(4,5)6)54-31-27-43(35-41(54)3)66(7,8)9/h15-38H,1-14H3. The SMILES string of the molecule is Cc1cc2c3c(c1)-n1c4c(c5cc(C(C)(C)C)cc(c51)B3c1ccc(N(c3ccc(C(C)(C)C)cc3C)c3ccc(C(C)(C)C)cc3C)cc1N2c1cccc2c1sc1ccccc12)C(C)(C)c1ccccc1-4. The van der Waals surface area contributed by atoms with Crippen molar-refractivity contribution in [3.63, 3.8) is 0 Å². The minimum atomic E-state index is -0.179. The van der Waals surface area contributed by atoms with Crippen LogP contribution in [0.1, 0.15) is 121 Å². The van der Waals surface area contributed by atoms with Gasteiger partial charge in [-0.05, 0) is 153 Å². The number of thiophene rings is 1. The maximum Gasteiger partial charge on any atom is 0.252 e. The Morgan fingerprint density at radius 2 is 1.15 bits per heavy atom. The first-order chi connectivity index (χ1) is 34.6. The van der Waals surface area contributed by atoms with Gasteiger partial charge in [0.25, 0.3) is 6.71 Å². The molecule has 0 radical (unpaired) electrons. The summed E-state index contributed by atoms with van der Waals surface area (Å²) in [6, 6.07) is 57.0. The molecule has 0 fully saturated rings. The molecule has 10 aromatic rings. The summed E-state index contributed by atoms with van der Waals surface area (Å²) in [6.45, 7) is 32.9. The highest BCUT2D eigenvalue weighted by Gasteiger charge is 2.48. The van der Waals surface area contributed by atoms with Crippen LogP contribution in [0.3, 0.4) is 0 Å². The predicted molar refractivity (Wildman–Crippen MR) is 318 cm³/mol. The molecule has 13 rings (SSSR count). The summed E-state index contributed by atoms with van der Waals surface area (Å²) in [5.74, 6) is 0. The molecule has 2 aromatic heterocycles. The summed E-state index contributed by atoms with van der Waals surface area (Å²) in [4.78, 5) is 5.22. The summed E-state index contributed by atoms with van der Waals surface area (Å²) in [5, 5.41) is 4.00. The first-order valence-electron chi connectivity index (χ1n) is 26.5. The Balaban J connectivity index is 1.16. The fourth-order valence-corrected chi connectivity index (χ4v) is 14.3. The van der Waals surface area contributed by atoms with Gasteiger partial charge in [-0.2, -0.15) is 0 Å². The van der Waals surface area contributed by atoms with Crippen molar-refractivity contribution in [3.05, 3.63) is 190 Å². The summed E-state index contributed by atoms with van der Waals surface area (Å²) < 4.78 is 5.32. The van der Waals surface area contributed by atoms with Gasteiger partial charge in [0.1, 0.15) is 0 Å². The number of hydrogen-bond acceptors (Lipinski definition) is 3. The number of aromatic nitrogens is 1. The van der Waals surface area contributed by atoms with Crippen LogP contribution in [0.15, 0.2) is 146 Å². The number of rotatable bonds is 4. The zero-order valence-corrected chi connectivity index (χ0v) is 46.0. The molecule has 3 nitrogen and oxygen atoms in total. The van der Waals surface area contributed by atoms with Crippen LogP contribution in [0.2, 0.25) is 0 Å². The number of aryl methyl sites for hydroxylation is 3. The second-order valence-corrected chi connectivity index (χ2v) is 26.3. The Labute approximate surface area is 437 Å². The van der Waals surface area contributed by atoms with Gasteiger partial charge >= 0.3 is 0 Å². The van der Waals surface area contributed by atoms with E-state index in [0.717, 1.165) is 5.69 Å². The van der Waals surface area contributed by atoms with Crippen molar-refractivity contribution in [2.75, 3.05) is 9.80 Å². The lowest BCUT2D eigenvalue weighted by atomic mass is 9.33. The van der Waals surface area contributed by atoms with Gasteiger partial charge in [0, 0.05) is 71.5 Å². The van der Waals surface area contributed by atoms with Gasteiger partial charge in [-0.15, -0.1) is 11.3 Å². The first-order valence-corrected chi connectivity index (χ1v) is 27.3. The monoisotopic (exact) mass is 968 g/mol. The van der Waals surface area contributed by atoms with Crippen LogP contribution in [-0.2, 0) is 21.7 Å². The largest absolute Gasteiger partial charge is 0.310 e. The van der Waals surface area contributed by atoms with E-state index in [1.807, 2.05) is 11.3 Å². The molecule has 362 valence electrons. The van der Waals surface area contributed by atoms with Gasteiger partial charge in [0.15, 0.2) is 0 Å². The van der Waals surface area contributed by atoms with Gasteiger partial charge in [0.2, 0.25) is 0 Å². The Hall–Kier alpha value is -6.82. The third-order valence-corrected chi connectivity index (χ3v) is 18.1. The molecule has 4 heterocycles. The molecule has 0 atom stereocenters. The molecule has 73 heavy (non-hydrogen) atoms. The lowest BCUT2D eigenvalue weighted by Crippen LogP contribution is -2.60. The lowest BCUT2D eigenvalue weighted by molar-refractivity contribution is 0.589. The van der Waals surface area contributed by atoms with E-state index >= 15 is 0 Å². The van der Waals surface area contributed by atoms with Gasteiger partial charge in [0.05, 0.1) is 16.1 Å². The summed E-state index contributed by atoms with van der Waals surface area (Å²) in [7, 11) is 0. The Morgan fingerprint density at radius 3 is 1.82 bits per heavy atom. The van der Waals surface area contributed by atoms with Crippen molar-refractivity contribution in [2.24, 2.45) is 0 Å². The van der Waals surface area contributed by atoms with E-state index in [-0.39, 0.29) is 28.4 Å². The Kier molecular flexibility index (Phi) is 9.69. The van der Waals surface area contributed by atoms with E-state index < -0.39 is 0 Å². The van der Waals surface area contributed by atoms with Crippen LogP contribution < -0.4 is 26.2 Å². The van der Waals surface area contributed by atoms with Crippen LogP contribution in [-0.4, -0.2) is 11.3 Å². The maximum absolute atomic E-state index is 2.70. The zero-order chi connectivity index (χ0) is 51.0. The van der Waals surface area contributed by atoms with Crippen LogP contribution in [0, 0.1) is 20.8 Å². The van der Waals surface area contributed by atoms with Gasteiger partial charge in [-0.25, -0.2) is 0 Å². The van der Waals surface area contributed by atoms with Crippen molar-refractivity contribution in [1.82, 2.24) is 4.57 Å². The lowest BCUT2D eigenvalue weighted by Gasteiger charge is -2.42. The molecule has 3 aliphatic rings. The minimum absolute atomic E-state index is 0.00717. The molecule has 0 unspecified atom stereocenters. The highest BCUT2D eigenvalue weighted by molar-refractivity contribution is 7.26. The number of fused-ring (bicyclic) bond motifs is 12. The molecule has 0 N–H and O–H groups in total. The van der Waals surface area contributed by atoms with Gasteiger partial charge < -0.3 is 14.4 Å². The molecule has 0 saturated carbocycles. The zero-order valence-electron chi connectivity index (χ0n) is 45.2. The smallest absolute Gasteiger partial charge is 0.252 e. The van der Waals surface area contributed by atoms with Crippen molar-refractivity contribution in [2.45, 2.75) is 119 Å². The van der Waals surface area contributed by atoms with Crippen LogP contribution in [0.4, 0.5) is 34.1 Å². The molecule has 2 aliphatic heterocycles. The quantitative estimate of drug-likeness (QED) is 0.163. The molecular formula is C68H66BN3S. The average Bonchev–Trinajstić information content (AvgIpc) is 3.97. The third kappa shape index (κ3) is 6.63. The van der Waals surface area contributed by atoms with E-state index in [2.05, 4.69) is 257 Å². The molecule has 0 saturated heterocycles. The maximum atomic E-state index is 2.70. The van der Waals surface area contributed by atoms with Gasteiger partial charge in [-0.3, -0.25) is 0 Å². The van der Waals surface area contributed by atoms with Crippen LogP contribution in [0.25, 0.3) is 48.0 Å². The molecule has 0 spiro atoms. The fraction of sp³-hybridized carbons (Fsp3) is 0.265. The molecule has 5 heteroatoms. The molecule has 1 aliphatic carbocycles. The van der Waals surface area contributed by atoms with Crippen LogP contribution >= 0.6 is 11.3 Å². The molecule has 8 aromatic carbocycles. The van der Waals surface area contributed by atoms with E-state index in [4.69, 9.17) is 0 Å². The van der Waals surface area contributed by atoms with Crippen LogP contribution in [0.5, 0.6) is 0 Å². The topological polar surface area (TPSA) is 11.4 Å². The number of anilines is 6. The van der Waals surface area contributed by atoms with E-state index in [0.29, 0.717) is 0 Å². The second kappa shape index (κ2) is 15.4. The predicted octanol–water partition coefficient (Wildman–Crippen LogP) is 17.2. The normalized spacial score (nSPS) is 14.5. The van der Waals surface area contributed by atoms with Crippen molar-refractivity contribution >= 4 is 99.6 Å². The summed E-state index contributed by atoms with van der Waals surface area (Å²) in [6.07, 6.45) is 0. The van der Waals surface area contributed by atoms with Crippen molar-refractivity contribution in [3.8, 4) is 16.9 Å². The van der Waals surface area contributed by atoms with Crippen molar-refractivity contribution < 1.29 is 0 Å². The third-order valence-electron chi connectivity index (χ3n) is 16.9. The Morgan fingerprint density at radius 1 is 0.521 bits per heavy atom. The van der Waals surface area contributed by atoms with E-state index in [9.17, 15) is 0 Å². The minimum Gasteiger partial charge on any atom is -0.310 e. The fourth-order valence-electron chi connectivity index (χ4n) is 13.1. The van der Waals surface area contributed by atoms with Crippen molar-refractivity contribution in [1.29, 1.82) is 0 Å². The molecular weight excluding hydrogens is 902 g/mol. The van der Waals surface area contributed by atoms with Gasteiger partial charge in [-0.1, -0.05) is 167 Å². The number of nitrogens with zero attached hydrogens (tertiary/aromatic N) is 3. The molecule has 0 bridgehead atoms. The highest BCUT2D eigenvalue weighted by atomic mass is 32.1. The van der Waals surface area contributed by atoms with E-state index in [1.165, 1.54) is 137 Å². The summed E-state index contributed by atoms with van der Waals surface area (Å²) in [5.41, 5.74) is 27.2. The second-order valence-electron chi connectivity index (χ2n) is 25.3. The van der Waals surface area contributed by atoms with E-state index in [1.54, 1.807) is 0 Å². The number of benzene rings is 8. The summed E-state index contributed by atoms with van der Waals surface area (Å²) >= 11 is 1.92.